The average molecular weight is 543 g/mol. The van der Waals surface area contributed by atoms with Gasteiger partial charge in [0.2, 0.25) is 0 Å². The normalized spacial score (nSPS) is 21.7. The van der Waals surface area contributed by atoms with Crippen LogP contribution in [0.25, 0.3) is 11.3 Å². The Bertz CT molecular complexity index is 1540. The molecule has 1 aliphatic carbocycles. The highest BCUT2D eigenvalue weighted by molar-refractivity contribution is 6.06. The molecule has 210 valence electrons. The summed E-state index contributed by atoms with van der Waals surface area (Å²) in [6.45, 7) is 16.5. The first-order chi connectivity index (χ1) is 18.7. The van der Waals surface area contributed by atoms with Gasteiger partial charge in [0, 0.05) is 42.5 Å². The van der Waals surface area contributed by atoms with Gasteiger partial charge >= 0.3 is 5.97 Å². The summed E-state index contributed by atoms with van der Waals surface area (Å²) in [5.74, 6) is -0.416. The fraction of sp³-hybridized carbons (Fsp3) is 0.455. The van der Waals surface area contributed by atoms with Crippen LogP contribution >= 0.6 is 0 Å². The molecule has 0 fully saturated rings. The van der Waals surface area contributed by atoms with Crippen LogP contribution in [0.1, 0.15) is 92.5 Å². The molecule has 7 heteroatoms. The number of rotatable bonds is 4. The number of aromatic carboxylic acids is 1. The van der Waals surface area contributed by atoms with Crippen molar-refractivity contribution in [3.8, 4) is 11.3 Å². The number of allylic oxidation sites excluding steroid dienone is 2. The van der Waals surface area contributed by atoms with Crippen molar-refractivity contribution in [2.45, 2.75) is 86.1 Å². The second-order valence-electron chi connectivity index (χ2n) is 12.8. The minimum Gasteiger partial charge on any atom is -0.477 e. The molecule has 1 amide bonds. The van der Waals surface area contributed by atoms with Crippen molar-refractivity contribution in [3.05, 3.63) is 74.9 Å². The van der Waals surface area contributed by atoms with Gasteiger partial charge in [0.05, 0.1) is 17.2 Å². The molecule has 1 aromatic heterocycles. The van der Waals surface area contributed by atoms with Crippen LogP contribution in [0.4, 0.5) is 0 Å². The summed E-state index contributed by atoms with van der Waals surface area (Å²) in [5, 5.41) is 9.69. The van der Waals surface area contributed by atoms with Gasteiger partial charge in [-0.05, 0) is 75.3 Å². The Hall–Kier alpha value is -3.74. The molecule has 2 aliphatic heterocycles. The number of hydrogen-bond acceptors (Lipinski definition) is 5. The second kappa shape index (κ2) is 9.43. The van der Waals surface area contributed by atoms with Crippen molar-refractivity contribution < 1.29 is 24.2 Å². The van der Waals surface area contributed by atoms with Crippen LogP contribution < -0.4 is 0 Å². The molecule has 3 aliphatic rings. The lowest BCUT2D eigenvalue weighted by Gasteiger charge is -2.48. The monoisotopic (exact) mass is 542 g/mol. The molecule has 40 heavy (non-hydrogen) atoms. The number of carboxylic acids is 1. The lowest BCUT2D eigenvalue weighted by atomic mass is 9.67. The number of Topliss-reactive ketones (excluding diaryl/α,β-unsaturated/α-hetero) is 1. The summed E-state index contributed by atoms with van der Waals surface area (Å²) in [6.07, 6.45) is 1.56. The van der Waals surface area contributed by atoms with Crippen LogP contribution in [0, 0.1) is 26.2 Å². The van der Waals surface area contributed by atoms with E-state index < -0.39 is 17.4 Å². The third kappa shape index (κ3) is 4.36. The predicted octanol–water partition coefficient (Wildman–Crippen LogP) is 6.41. The average Bonchev–Trinajstić information content (AvgIpc) is 2.82. The molecule has 1 atom stereocenters. The molecular formula is C33H38N2O5. The van der Waals surface area contributed by atoms with E-state index in [0.717, 1.165) is 22.3 Å². The number of ether oxygens (including phenoxy) is 1. The number of carbonyl (C=O) groups excluding carboxylic acids is 2. The van der Waals surface area contributed by atoms with Crippen LogP contribution in [0.15, 0.2) is 46.9 Å². The molecule has 0 radical (unpaired) electrons. The quantitative estimate of drug-likeness (QED) is 0.479. The fourth-order valence-corrected chi connectivity index (χ4v) is 6.82. The molecule has 0 unspecified atom stereocenters. The van der Waals surface area contributed by atoms with Crippen molar-refractivity contribution in [2.75, 3.05) is 6.54 Å². The van der Waals surface area contributed by atoms with Crippen LogP contribution in [-0.2, 0) is 14.3 Å². The number of aromatic nitrogens is 1. The smallest absolute Gasteiger partial charge is 0.354 e. The first-order valence-corrected chi connectivity index (χ1v) is 14.0. The summed E-state index contributed by atoms with van der Waals surface area (Å²) < 4.78 is 6.51. The zero-order valence-electron chi connectivity index (χ0n) is 24.7. The van der Waals surface area contributed by atoms with Crippen LogP contribution in [0.2, 0.25) is 0 Å². The molecule has 0 bridgehead atoms. The largest absolute Gasteiger partial charge is 0.477 e. The standard InChI is InChI=1S/C33H38N2O5/c1-9-35-30(37)27-24(16-33(35,7)8)40-23-15-32(5,6)14-22(36)26(23)28(27)25-17(2)10-12-20(19(25)4)21-13-11-18(3)29(34-21)31(38)39/h10-13,28H,9,14-16H2,1-8H3,(H,38,39)/t28-/m0/s1. The predicted molar refractivity (Wildman–Crippen MR) is 153 cm³/mol. The van der Waals surface area contributed by atoms with Gasteiger partial charge in [-0.15, -0.1) is 0 Å². The van der Waals surface area contributed by atoms with Gasteiger partial charge in [0.15, 0.2) is 11.5 Å². The van der Waals surface area contributed by atoms with Gasteiger partial charge in [0.1, 0.15) is 11.5 Å². The number of hydrogen-bond donors (Lipinski definition) is 1. The van der Waals surface area contributed by atoms with Crippen molar-refractivity contribution in [2.24, 2.45) is 5.41 Å². The summed E-state index contributed by atoms with van der Waals surface area (Å²) in [7, 11) is 0. The van der Waals surface area contributed by atoms with Gasteiger partial charge < -0.3 is 14.7 Å². The minimum absolute atomic E-state index is 0.00745. The minimum atomic E-state index is -1.08. The summed E-state index contributed by atoms with van der Waals surface area (Å²) in [6, 6.07) is 7.50. The number of benzene rings is 1. The van der Waals surface area contributed by atoms with E-state index in [4.69, 9.17) is 4.74 Å². The zero-order chi connectivity index (χ0) is 29.3. The number of carboxylic acid groups (broad SMARTS) is 1. The van der Waals surface area contributed by atoms with E-state index in [0.29, 0.717) is 59.7 Å². The number of pyridine rings is 1. The van der Waals surface area contributed by atoms with E-state index >= 15 is 0 Å². The van der Waals surface area contributed by atoms with Gasteiger partial charge in [-0.3, -0.25) is 9.59 Å². The molecule has 0 spiro atoms. The molecule has 3 heterocycles. The Balaban J connectivity index is 1.78. The van der Waals surface area contributed by atoms with E-state index in [1.807, 2.05) is 43.9 Å². The Morgan fingerprint density at radius 1 is 0.975 bits per heavy atom. The number of carbonyl (C=O) groups is 3. The molecule has 0 saturated heterocycles. The number of aryl methyl sites for hydroxylation is 2. The van der Waals surface area contributed by atoms with Crippen LogP contribution in [0.5, 0.6) is 0 Å². The summed E-state index contributed by atoms with van der Waals surface area (Å²) in [5.41, 5.74) is 5.07. The molecule has 0 saturated carbocycles. The maximum Gasteiger partial charge on any atom is 0.354 e. The Kier molecular flexibility index (Phi) is 6.55. The maximum atomic E-state index is 14.2. The topological polar surface area (TPSA) is 96.8 Å². The van der Waals surface area contributed by atoms with Crippen molar-refractivity contribution >= 4 is 17.7 Å². The van der Waals surface area contributed by atoms with E-state index in [-0.39, 0.29) is 22.8 Å². The van der Waals surface area contributed by atoms with Crippen molar-refractivity contribution in [3.63, 3.8) is 0 Å². The number of amides is 1. The Labute approximate surface area is 235 Å². The highest BCUT2D eigenvalue weighted by Crippen LogP contribution is 2.53. The Morgan fingerprint density at radius 3 is 2.27 bits per heavy atom. The molecule has 2 aromatic rings. The van der Waals surface area contributed by atoms with Crippen LogP contribution in [0.3, 0.4) is 0 Å². The van der Waals surface area contributed by atoms with E-state index in [9.17, 15) is 19.5 Å². The molecule has 1 aromatic carbocycles. The van der Waals surface area contributed by atoms with E-state index in [1.54, 1.807) is 13.0 Å². The molecular weight excluding hydrogens is 504 g/mol. The van der Waals surface area contributed by atoms with Gasteiger partial charge in [-0.2, -0.15) is 0 Å². The highest BCUT2D eigenvalue weighted by atomic mass is 16.5. The van der Waals surface area contributed by atoms with Crippen molar-refractivity contribution in [1.29, 1.82) is 0 Å². The molecule has 7 nitrogen and oxygen atoms in total. The number of likely N-dealkylation sites (N-methyl/N-ethyl adjacent to an activating group) is 1. The van der Waals surface area contributed by atoms with Crippen LogP contribution in [-0.4, -0.2) is 44.7 Å². The molecule has 1 N–H and O–H groups in total. The maximum absolute atomic E-state index is 14.2. The third-order valence-electron chi connectivity index (χ3n) is 8.72. The zero-order valence-corrected chi connectivity index (χ0v) is 24.7. The summed E-state index contributed by atoms with van der Waals surface area (Å²) >= 11 is 0. The Morgan fingerprint density at radius 2 is 1.62 bits per heavy atom. The van der Waals surface area contributed by atoms with E-state index in [2.05, 4.69) is 32.7 Å². The number of nitrogens with zero attached hydrogens (tertiary/aromatic N) is 2. The third-order valence-corrected chi connectivity index (χ3v) is 8.72. The summed E-state index contributed by atoms with van der Waals surface area (Å²) in [4.78, 5) is 46.3. The van der Waals surface area contributed by atoms with Gasteiger partial charge in [-0.1, -0.05) is 32.0 Å². The first-order valence-electron chi connectivity index (χ1n) is 14.0. The van der Waals surface area contributed by atoms with Gasteiger partial charge in [-0.25, -0.2) is 9.78 Å². The SMILES string of the molecule is CCN1C(=O)C2=C(CC1(C)C)OC1=C(C(=O)CC(C)(C)C1)[C@@H]2c1c(C)ccc(-c2ccc(C)c(C(=O)O)n2)c1C. The lowest BCUT2D eigenvalue weighted by molar-refractivity contribution is -0.134. The van der Waals surface area contributed by atoms with E-state index in [1.165, 1.54) is 0 Å². The second-order valence-corrected chi connectivity index (χ2v) is 12.8. The highest BCUT2D eigenvalue weighted by Gasteiger charge is 2.50. The molecule has 5 rings (SSSR count). The van der Waals surface area contributed by atoms with Crippen molar-refractivity contribution in [1.82, 2.24) is 9.88 Å². The lowest BCUT2D eigenvalue weighted by Crippen LogP contribution is -2.53. The number of ketones is 1. The van der Waals surface area contributed by atoms with Gasteiger partial charge in [0.25, 0.3) is 5.91 Å². The first kappa shape index (κ1) is 27.8. The fourth-order valence-electron chi connectivity index (χ4n) is 6.82.